The van der Waals surface area contributed by atoms with Gasteiger partial charge in [0.05, 0.1) is 11.4 Å². The zero-order valence-corrected chi connectivity index (χ0v) is 16.6. The molecule has 1 aromatic carbocycles. The van der Waals surface area contributed by atoms with Gasteiger partial charge >= 0.3 is 0 Å². The minimum Gasteiger partial charge on any atom is -0.378 e. The van der Waals surface area contributed by atoms with E-state index in [1.165, 1.54) is 0 Å². The molecular weight excluding hydrogens is 330 g/mol. The molecule has 1 amide bonds. The van der Waals surface area contributed by atoms with Crippen molar-refractivity contribution in [2.24, 2.45) is 0 Å². The third kappa shape index (κ3) is 4.55. The third-order valence-corrected chi connectivity index (χ3v) is 5.02. The van der Waals surface area contributed by atoms with E-state index in [-0.39, 0.29) is 5.91 Å². The predicted octanol–water partition coefficient (Wildman–Crippen LogP) is 4.12. The Morgan fingerprint density at radius 3 is 2.56 bits per heavy atom. The van der Waals surface area contributed by atoms with Crippen LogP contribution in [0.25, 0.3) is 0 Å². The summed E-state index contributed by atoms with van der Waals surface area (Å²) in [4.78, 5) is 20.7. The highest BCUT2D eigenvalue weighted by Crippen LogP contribution is 2.46. The molecule has 0 aliphatic carbocycles. The molecule has 0 aromatic heterocycles. The molecule has 1 aromatic rings. The van der Waals surface area contributed by atoms with Crippen molar-refractivity contribution in [3.05, 3.63) is 53.6 Å². The summed E-state index contributed by atoms with van der Waals surface area (Å²) in [6.07, 6.45) is 6.77. The number of anilines is 2. The lowest BCUT2D eigenvalue weighted by atomic mass is 10.2. The molecule has 0 unspecified atom stereocenters. The molecule has 0 spiro atoms. The van der Waals surface area contributed by atoms with Crippen LogP contribution in [0, 0.1) is 0 Å². The topological polar surface area (TPSA) is 26.8 Å². The Morgan fingerprint density at radius 2 is 2.00 bits per heavy atom. The molecule has 2 rings (SSSR count). The fraction of sp³-hybridized carbons (Fsp3) is 0.350. The van der Waals surface area contributed by atoms with Crippen LogP contribution in [0.2, 0.25) is 0 Å². The van der Waals surface area contributed by atoms with E-state index in [0.29, 0.717) is 0 Å². The molecule has 0 radical (unpaired) electrons. The quantitative estimate of drug-likeness (QED) is 0.716. The van der Waals surface area contributed by atoms with Crippen molar-refractivity contribution in [2.45, 2.75) is 18.2 Å². The molecule has 0 bridgehead atoms. The number of nitrogens with zero attached hydrogens (tertiary/aromatic N) is 3. The predicted molar refractivity (Wildman–Crippen MR) is 109 cm³/mol. The highest BCUT2D eigenvalue weighted by Gasteiger charge is 2.27. The van der Waals surface area contributed by atoms with Crippen molar-refractivity contribution < 1.29 is 4.79 Å². The minimum absolute atomic E-state index is 0.0187. The summed E-state index contributed by atoms with van der Waals surface area (Å²) in [5, 5.41) is 0. The maximum atomic E-state index is 12.4. The molecule has 4 nitrogen and oxygen atoms in total. The number of hydrogen-bond donors (Lipinski definition) is 0. The molecular formula is C20H27N3OS. The van der Waals surface area contributed by atoms with Gasteiger partial charge in [0, 0.05) is 43.1 Å². The summed E-state index contributed by atoms with van der Waals surface area (Å²) in [5.74, 6) is 0.0187. The first-order chi connectivity index (χ1) is 11.8. The number of benzene rings is 1. The summed E-state index contributed by atoms with van der Waals surface area (Å²) in [6, 6.07) is 6.22. The van der Waals surface area contributed by atoms with Gasteiger partial charge in [-0.2, -0.15) is 0 Å². The normalized spacial score (nSPS) is 14.2. The maximum absolute atomic E-state index is 12.4. The number of hydrogen-bond acceptors (Lipinski definition) is 4. The number of fused-ring (bicyclic) bond motifs is 1. The number of thioether (sulfide) groups is 1. The van der Waals surface area contributed by atoms with Crippen LogP contribution in [-0.4, -0.2) is 45.5 Å². The molecule has 1 aliphatic rings. The summed E-state index contributed by atoms with van der Waals surface area (Å²) in [6.45, 7) is 6.32. The Morgan fingerprint density at radius 1 is 1.28 bits per heavy atom. The molecule has 1 aliphatic heterocycles. The molecule has 134 valence electrons. The van der Waals surface area contributed by atoms with Gasteiger partial charge in [-0.25, -0.2) is 0 Å². The van der Waals surface area contributed by atoms with Crippen LogP contribution in [0.4, 0.5) is 11.4 Å². The van der Waals surface area contributed by atoms with E-state index in [4.69, 9.17) is 0 Å². The zero-order valence-electron chi connectivity index (χ0n) is 15.7. The largest absolute Gasteiger partial charge is 0.378 e. The lowest BCUT2D eigenvalue weighted by Gasteiger charge is -2.32. The lowest BCUT2D eigenvalue weighted by molar-refractivity contribution is -0.116. The van der Waals surface area contributed by atoms with Gasteiger partial charge in [-0.05, 0) is 44.8 Å². The summed E-state index contributed by atoms with van der Waals surface area (Å²) < 4.78 is 0. The van der Waals surface area contributed by atoms with E-state index in [2.05, 4.69) is 40.7 Å². The molecule has 0 N–H and O–H groups in total. The van der Waals surface area contributed by atoms with Gasteiger partial charge in [-0.15, -0.1) is 6.58 Å². The SMILES string of the molecule is C=CCC1=C(/C=C\CN(C)C)N(C(C)=O)c2ccc(N(C)C)cc2S1. The molecule has 0 saturated carbocycles. The molecule has 0 atom stereocenters. The van der Waals surface area contributed by atoms with E-state index < -0.39 is 0 Å². The Kier molecular flexibility index (Phi) is 6.51. The van der Waals surface area contributed by atoms with Crippen molar-refractivity contribution >= 4 is 29.0 Å². The van der Waals surface area contributed by atoms with Gasteiger partial charge in [0.25, 0.3) is 0 Å². The zero-order chi connectivity index (χ0) is 18.6. The van der Waals surface area contributed by atoms with Gasteiger partial charge in [0.1, 0.15) is 0 Å². The van der Waals surface area contributed by atoms with Crippen molar-refractivity contribution in [1.29, 1.82) is 0 Å². The number of carbonyl (C=O) groups is 1. The van der Waals surface area contributed by atoms with Crippen molar-refractivity contribution in [2.75, 3.05) is 44.5 Å². The van der Waals surface area contributed by atoms with Crippen molar-refractivity contribution in [3.8, 4) is 0 Å². The molecule has 25 heavy (non-hydrogen) atoms. The van der Waals surface area contributed by atoms with E-state index in [9.17, 15) is 4.79 Å². The fourth-order valence-electron chi connectivity index (χ4n) is 2.65. The van der Waals surface area contributed by atoms with Crippen molar-refractivity contribution in [1.82, 2.24) is 4.90 Å². The number of carbonyl (C=O) groups excluding carboxylic acids is 1. The van der Waals surface area contributed by atoms with Gasteiger partial charge in [0.15, 0.2) is 0 Å². The van der Waals surface area contributed by atoms with Gasteiger partial charge in [-0.3, -0.25) is 9.69 Å². The summed E-state index contributed by atoms with van der Waals surface area (Å²) in [7, 11) is 8.10. The van der Waals surface area contributed by atoms with Gasteiger partial charge in [-0.1, -0.05) is 23.9 Å². The second-order valence-corrected chi connectivity index (χ2v) is 7.61. The third-order valence-electron chi connectivity index (χ3n) is 3.85. The Bertz CT molecular complexity index is 720. The average Bonchev–Trinajstić information content (AvgIpc) is 2.53. The average molecular weight is 358 g/mol. The molecule has 0 fully saturated rings. The standard InChI is InChI=1S/C20H27N3OS/c1-7-9-19-17(10-8-13-21(3)4)23(15(2)24)18-12-11-16(22(5)6)14-20(18)25-19/h7-8,10-12,14H,1,9,13H2,2-6H3/b10-8-. The van der Waals surface area contributed by atoms with Crippen LogP contribution in [0.15, 0.2) is 58.5 Å². The van der Waals surface area contributed by atoms with E-state index in [1.807, 2.05) is 45.2 Å². The fourth-order valence-corrected chi connectivity index (χ4v) is 3.82. The van der Waals surface area contributed by atoms with Gasteiger partial charge < -0.3 is 9.80 Å². The van der Waals surface area contributed by atoms with Crippen LogP contribution in [0.3, 0.4) is 0 Å². The van der Waals surface area contributed by atoms with Crippen LogP contribution in [0.5, 0.6) is 0 Å². The monoisotopic (exact) mass is 357 g/mol. The Labute approximate surface area is 155 Å². The highest BCUT2D eigenvalue weighted by atomic mass is 32.2. The van der Waals surface area contributed by atoms with Crippen LogP contribution >= 0.6 is 11.8 Å². The molecule has 5 heteroatoms. The van der Waals surface area contributed by atoms with Gasteiger partial charge in [0.2, 0.25) is 5.91 Å². The Balaban J connectivity index is 2.53. The van der Waals surface area contributed by atoms with Crippen molar-refractivity contribution in [3.63, 3.8) is 0 Å². The highest BCUT2D eigenvalue weighted by molar-refractivity contribution is 8.03. The molecule has 0 saturated heterocycles. The second-order valence-electron chi connectivity index (χ2n) is 6.47. The van der Waals surface area contributed by atoms with E-state index >= 15 is 0 Å². The van der Waals surface area contributed by atoms with E-state index in [1.54, 1.807) is 18.7 Å². The number of amides is 1. The Hall–Kier alpha value is -1.98. The minimum atomic E-state index is 0.0187. The lowest BCUT2D eigenvalue weighted by Crippen LogP contribution is -2.30. The summed E-state index contributed by atoms with van der Waals surface area (Å²) >= 11 is 1.72. The molecule has 1 heterocycles. The smallest absolute Gasteiger partial charge is 0.228 e. The number of rotatable bonds is 6. The number of likely N-dealkylation sites (N-methyl/N-ethyl adjacent to an activating group) is 1. The van der Waals surface area contributed by atoms with Crippen LogP contribution < -0.4 is 9.80 Å². The summed E-state index contributed by atoms with van der Waals surface area (Å²) in [5.41, 5.74) is 3.02. The van der Waals surface area contributed by atoms with E-state index in [0.717, 1.165) is 39.8 Å². The first-order valence-corrected chi connectivity index (χ1v) is 9.12. The first-order valence-electron chi connectivity index (χ1n) is 8.30. The van der Waals surface area contributed by atoms with Crippen LogP contribution in [-0.2, 0) is 4.79 Å². The second kappa shape index (κ2) is 8.41. The first kappa shape index (κ1) is 19.3. The number of allylic oxidation sites excluding steroid dienone is 3. The van der Waals surface area contributed by atoms with Crippen LogP contribution in [0.1, 0.15) is 13.3 Å². The maximum Gasteiger partial charge on any atom is 0.228 e.